The largest absolute Gasteiger partial charge is 0.481 e. The third kappa shape index (κ3) is 7.50. The van der Waals surface area contributed by atoms with E-state index in [1.165, 1.54) is 37.7 Å². The first-order valence-corrected chi connectivity index (χ1v) is 22.0. The number of rotatable bonds is 12. The SMILES string of the molecule is C.CC(C)C1=C2C3CCC4C(C)(CCC5C(C)(C)C(OC(=O)CC(C)(C)C(=O)O)CCC54C)C3CCC2(CCN(CC2CC2)C(=O)CN2CCCC2)CC1=O. The summed E-state index contributed by atoms with van der Waals surface area (Å²) in [6.07, 6.45) is 14.7. The van der Waals surface area contributed by atoms with E-state index in [9.17, 15) is 24.3 Å². The molecule has 0 radical (unpaired) electrons. The van der Waals surface area contributed by atoms with E-state index in [1.54, 1.807) is 13.8 Å². The highest BCUT2D eigenvalue weighted by Crippen LogP contribution is 2.73. The normalized spacial score (nSPS) is 37.0. The Hall–Kier alpha value is -2.22. The summed E-state index contributed by atoms with van der Waals surface area (Å²) in [4.78, 5) is 57.3. The van der Waals surface area contributed by atoms with Crippen molar-refractivity contribution in [2.24, 2.45) is 62.6 Å². The number of aliphatic carboxylic acids is 1. The van der Waals surface area contributed by atoms with Crippen molar-refractivity contribution in [2.75, 3.05) is 32.7 Å². The minimum absolute atomic E-state index is 0. The van der Waals surface area contributed by atoms with E-state index in [0.717, 1.165) is 83.1 Å². The molecule has 55 heavy (non-hydrogen) atoms. The molecule has 1 saturated heterocycles. The van der Waals surface area contributed by atoms with Crippen molar-refractivity contribution in [1.29, 1.82) is 0 Å². The molecule has 0 bridgehead atoms. The number of ketones is 1. The van der Waals surface area contributed by atoms with Gasteiger partial charge in [-0.25, -0.2) is 0 Å². The average molecular weight is 765 g/mol. The third-order valence-corrected chi connectivity index (χ3v) is 17.1. The van der Waals surface area contributed by atoms with E-state index in [1.807, 2.05) is 0 Å². The van der Waals surface area contributed by atoms with Crippen LogP contribution in [0.15, 0.2) is 11.1 Å². The molecule has 6 aliphatic carbocycles. The van der Waals surface area contributed by atoms with Crippen LogP contribution in [0.4, 0.5) is 0 Å². The van der Waals surface area contributed by atoms with Gasteiger partial charge in [-0.1, -0.05) is 54.5 Å². The molecule has 8 atom stereocenters. The standard InChI is InChI=1S/C46H72N2O6.CH4/c1-29(2)39-33(49)25-46(21-24-48(27-30-11-12-30)37(50)28-47-22-9-10-23-47)20-15-32-31(40(39)46)13-14-35-44(32,7)18-16-34-43(5,6)36(17-19-45(34,35)8)54-38(51)26-42(3,4)41(52)53;/h29-32,34-36H,9-28H2,1-8H3,(H,52,53);1H4. The third-order valence-electron chi connectivity index (χ3n) is 17.1. The van der Waals surface area contributed by atoms with Gasteiger partial charge in [-0.05, 0) is 162 Å². The fourth-order valence-corrected chi connectivity index (χ4v) is 14.1. The topological polar surface area (TPSA) is 104 Å². The molecule has 1 heterocycles. The summed E-state index contributed by atoms with van der Waals surface area (Å²) in [5, 5.41) is 9.62. The lowest BCUT2D eigenvalue weighted by Gasteiger charge is -2.69. The summed E-state index contributed by atoms with van der Waals surface area (Å²) >= 11 is 0. The number of carbonyl (C=O) groups excluding carboxylic acids is 3. The molecule has 0 spiro atoms. The summed E-state index contributed by atoms with van der Waals surface area (Å²) in [6, 6.07) is 0. The number of nitrogens with zero attached hydrogens (tertiary/aromatic N) is 2. The average Bonchev–Trinajstić information content (AvgIpc) is 3.65. The van der Waals surface area contributed by atoms with Gasteiger partial charge < -0.3 is 14.7 Å². The number of likely N-dealkylation sites (tertiary alicyclic amines) is 1. The number of carboxylic acid groups (broad SMARTS) is 1. The van der Waals surface area contributed by atoms with Crippen LogP contribution in [0.5, 0.6) is 0 Å². The van der Waals surface area contributed by atoms with Gasteiger partial charge in [0.05, 0.1) is 18.4 Å². The molecule has 310 valence electrons. The lowest BCUT2D eigenvalue weighted by molar-refractivity contribution is -0.214. The van der Waals surface area contributed by atoms with Gasteiger partial charge in [0.1, 0.15) is 6.10 Å². The number of fused-ring (bicyclic) bond motifs is 7. The first kappa shape index (κ1) is 42.4. The first-order chi connectivity index (χ1) is 25.3. The van der Waals surface area contributed by atoms with Crippen molar-refractivity contribution in [1.82, 2.24) is 9.80 Å². The van der Waals surface area contributed by atoms with Crippen molar-refractivity contribution in [3.8, 4) is 0 Å². The monoisotopic (exact) mass is 765 g/mol. The second-order valence-corrected chi connectivity index (χ2v) is 21.6. The van der Waals surface area contributed by atoms with Crippen molar-refractivity contribution >= 4 is 23.6 Å². The number of hydrogen-bond acceptors (Lipinski definition) is 6. The van der Waals surface area contributed by atoms with Crippen molar-refractivity contribution < 1.29 is 29.0 Å². The Kier molecular flexibility index (Phi) is 11.7. The Morgan fingerprint density at radius 1 is 0.909 bits per heavy atom. The fraction of sp³-hybridized carbons (Fsp3) is 0.872. The molecule has 7 aliphatic rings. The molecule has 8 nitrogen and oxygen atoms in total. The van der Waals surface area contributed by atoms with Gasteiger partial charge in [-0.15, -0.1) is 0 Å². The number of esters is 1. The zero-order valence-electron chi connectivity index (χ0n) is 35.1. The first-order valence-electron chi connectivity index (χ1n) is 22.0. The zero-order chi connectivity index (χ0) is 39.0. The summed E-state index contributed by atoms with van der Waals surface area (Å²) in [6.45, 7) is 21.7. The number of carbonyl (C=O) groups is 4. The van der Waals surface area contributed by atoms with Gasteiger partial charge in [0.15, 0.2) is 5.78 Å². The maximum Gasteiger partial charge on any atom is 0.309 e. The minimum Gasteiger partial charge on any atom is -0.481 e. The lowest BCUT2D eigenvalue weighted by Crippen LogP contribution is -2.63. The molecule has 0 aromatic heterocycles. The highest BCUT2D eigenvalue weighted by molar-refractivity contribution is 6.00. The van der Waals surface area contributed by atoms with Crippen LogP contribution in [0, 0.1) is 62.6 Å². The molecule has 1 amide bonds. The Morgan fingerprint density at radius 2 is 1.58 bits per heavy atom. The molecule has 7 rings (SSSR count). The molecule has 0 aromatic rings. The fourth-order valence-electron chi connectivity index (χ4n) is 14.1. The van der Waals surface area contributed by atoms with Crippen LogP contribution in [-0.2, 0) is 23.9 Å². The summed E-state index contributed by atoms with van der Waals surface area (Å²) < 4.78 is 6.18. The van der Waals surface area contributed by atoms with E-state index in [-0.39, 0.29) is 47.5 Å². The molecule has 0 aromatic carbocycles. The second-order valence-electron chi connectivity index (χ2n) is 21.6. The van der Waals surface area contributed by atoms with E-state index < -0.39 is 17.4 Å². The Balaban J connectivity index is 0.00000514. The van der Waals surface area contributed by atoms with Crippen LogP contribution in [0.25, 0.3) is 0 Å². The van der Waals surface area contributed by atoms with E-state index >= 15 is 0 Å². The van der Waals surface area contributed by atoms with Crippen LogP contribution in [0.3, 0.4) is 0 Å². The molecule has 8 heteroatoms. The van der Waals surface area contributed by atoms with Gasteiger partial charge in [0.2, 0.25) is 5.91 Å². The zero-order valence-corrected chi connectivity index (χ0v) is 35.1. The number of amides is 1. The molecule has 5 saturated carbocycles. The highest BCUT2D eigenvalue weighted by atomic mass is 16.5. The van der Waals surface area contributed by atoms with Gasteiger partial charge in [0, 0.05) is 30.3 Å². The summed E-state index contributed by atoms with van der Waals surface area (Å²) in [5.41, 5.74) is 1.48. The Bertz CT molecular complexity index is 1540. The number of carboxylic acids is 1. The number of Topliss-reactive ketones (excluding diaryl/α,β-unsaturated/α-hetero) is 1. The predicted octanol–water partition coefficient (Wildman–Crippen LogP) is 9.35. The quantitative estimate of drug-likeness (QED) is 0.198. The number of allylic oxidation sites excluding steroid dienone is 2. The lowest BCUT2D eigenvalue weighted by atomic mass is 9.36. The molecular formula is C47H76N2O6. The van der Waals surface area contributed by atoms with Gasteiger partial charge >= 0.3 is 11.9 Å². The van der Waals surface area contributed by atoms with E-state index in [2.05, 4.69) is 51.3 Å². The molecule has 1 N–H and O–H groups in total. The van der Waals surface area contributed by atoms with Crippen LogP contribution >= 0.6 is 0 Å². The van der Waals surface area contributed by atoms with Crippen LogP contribution in [0.2, 0.25) is 0 Å². The second kappa shape index (κ2) is 15.2. The molecular weight excluding hydrogens is 689 g/mol. The van der Waals surface area contributed by atoms with Crippen molar-refractivity contribution in [3.05, 3.63) is 11.1 Å². The van der Waals surface area contributed by atoms with E-state index in [4.69, 9.17) is 4.74 Å². The molecule has 8 unspecified atom stereocenters. The smallest absolute Gasteiger partial charge is 0.309 e. The highest BCUT2D eigenvalue weighted by Gasteiger charge is 2.66. The summed E-state index contributed by atoms with van der Waals surface area (Å²) in [5.74, 6) is 2.12. The van der Waals surface area contributed by atoms with Crippen molar-refractivity contribution in [3.63, 3.8) is 0 Å². The van der Waals surface area contributed by atoms with Gasteiger partial charge in [-0.3, -0.25) is 24.1 Å². The maximum absolute atomic E-state index is 14.1. The maximum atomic E-state index is 14.1. The predicted molar refractivity (Wildman–Crippen MR) is 217 cm³/mol. The minimum atomic E-state index is -1.15. The van der Waals surface area contributed by atoms with Crippen molar-refractivity contribution in [2.45, 2.75) is 165 Å². The molecule has 1 aliphatic heterocycles. The van der Waals surface area contributed by atoms with Gasteiger partial charge in [-0.2, -0.15) is 0 Å². The van der Waals surface area contributed by atoms with Crippen LogP contribution < -0.4 is 0 Å². The number of ether oxygens (including phenoxy) is 1. The van der Waals surface area contributed by atoms with Gasteiger partial charge in [0.25, 0.3) is 0 Å². The van der Waals surface area contributed by atoms with Crippen LogP contribution in [-0.4, -0.2) is 77.4 Å². The van der Waals surface area contributed by atoms with Crippen LogP contribution in [0.1, 0.15) is 159 Å². The Labute approximate surface area is 333 Å². The van der Waals surface area contributed by atoms with E-state index in [0.29, 0.717) is 54.2 Å². The molecule has 6 fully saturated rings. The summed E-state index contributed by atoms with van der Waals surface area (Å²) in [7, 11) is 0. The Morgan fingerprint density at radius 3 is 2.22 bits per heavy atom. The number of hydrogen-bond donors (Lipinski definition) is 1.